The van der Waals surface area contributed by atoms with E-state index in [0.717, 1.165) is 37.8 Å². The maximum atomic E-state index is 12.8. The van der Waals surface area contributed by atoms with Gasteiger partial charge in [0.25, 0.3) is 0 Å². The van der Waals surface area contributed by atoms with Gasteiger partial charge in [0.1, 0.15) is 0 Å². The molecule has 0 amide bonds. The molecule has 4 nitrogen and oxygen atoms in total. The van der Waals surface area contributed by atoms with Crippen LogP contribution in [0.5, 0.6) is 0 Å². The first-order chi connectivity index (χ1) is 9.59. The van der Waals surface area contributed by atoms with Gasteiger partial charge in [0.2, 0.25) is 10.0 Å². The first kappa shape index (κ1) is 14.0. The van der Waals surface area contributed by atoms with E-state index in [2.05, 4.69) is 5.32 Å². The predicted molar refractivity (Wildman–Crippen MR) is 79.1 cm³/mol. The molecule has 2 atom stereocenters. The van der Waals surface area contributed by atoms with Gasteiger partial charge in [-0.05, 0) is 51.3 Å². The number of hydrogen-bond donors (Lipinski definition) is 1. The van der Waals surface area contributed by atoms with Gasteiger partial charge in [-0.1, -0.05) is 17.7 Å². The molecule has 2 saturated heterocycles. The molecule has 2 aliphatic rings. The first-order valence-electron chi connectivity index (χ1n) is 7.41. The summed E-state index contributed by atoms with van der Waals surface area (Å²) in [4.78, 5) is 0.424. The zero-order valence-electron chi connectivity index (χ0n) is 11.9. The fourth-order valence-corrected chi connectivity index (χ4v) is 5.08. The van der Waals surface area contributed by atoms with Crippen molar-refractivity contribution in [3.05, 3.63) is 29.8 Å². The van der Waals surface area contributed by atoms with Gasteiger partial charge in [0.05, 0.1) is 4.90 Å². The van der Waals surface area contributed by atoms with Crippen molar-refractivity contribution in [2.75, 3.05) is 13.1 Å². The van der Waals surface area contributed by atoms with Crippen LogP contribution in [-0.4, -0.2) is 37.9 Å². The van der Waals surface area contributed by atoms with Crippen LogP contribution < -0.4 is 5.32 Å². The number of sulfonamides is 1. The molecule has 1 aromatic carbocycles. The smallest absolute Gasteiger partial charge is 0.243 e. The van der Waals surface area contributed by atoms with Gasteiger partial charge in [0, 0.05) is 18.6 Å². The van der Waals surface area contributed by atoms with Crippen LogP contribution in [0, 0.1) is 6.92 Å². The lowest BCUT2D eigenvalue weighted by Crippen LogP contribution is -2.46. The fraction of sp³-hybridized carbons (Fsp3) is 0.600. The van der Waals surface area contributed by atoms with Crippen LogP contribution in [0.3, 0.4) is 0 Å². The normalized spacial score (nSPS) is 28.1. The third-order valence-corrected chi connectivity index (χ3v) is 6.38. The summed E-state index contributed by atoms with van der Waals surface area (Å²) in [6.45, 7) is 3.64. The van der Waals surface area contributed by atoms with Crippen molar-refractivity contribution >= 4 is 10.0 Å². The molecule has 3 rings (SSSR count). The van der Waals surface area contributed by atoms with Crippen LogP contribution in [-0.2, 0) is 10.0 Å². The second-order valence-corrected chi connectivity index (χ2v) is 7.73. The van der Waals surface area contributed by atoms with Gasteiger partial charge < -0.3 is 5.32 Å². The van der Waals surface area contributed by atoms with E-state index >= 15 is 0 Å². The van der Waals surface area contributed by atoms with Crippen LogP contribution in [0.4, 0.5) is 0 Å². The van der Waals surface area contributed by atoms with Crippen molar-refractivity contribution in [1.82, 2.24) is 9.62 Å². The molecule has 110 valence electrons. The SMILES string of the molecule is Cc1ccc(S(=O)(=O)N2CCCC2C2CCCN2)cc1. The number of nitrogens with zero attached hydrogens (tertiary/aromatic N) is 1. The number of nitrogens with one attached hydrogen (secondary N) is 1. The third-order valence-electron chi connectivity index (χ3n) is 4.44. The zero-order chi connectivity index (χ0) is 14.2. The van der Waals surface area contributed by atoms with Crippen LogP contribution in [0.25, 0.3) is 0 Å². The van der Waals surface area contributed by atoms with Crippen LogP contribution in [0.2, 0.25) is 0 Å². The molecule has 0 aliphatic carbocycles. The van der Waals surface area contributed by atoms with E-state index in [0.29, 0.717) is 17.5 Å². The second-order valence-electron chi connectivity index (χ2n) is 5.84. The Morgan fingerprint density at radius 3 is 2.55 bits per heavy atom. The summed E-state index contributed by atoms with van der Waals surface area (Å²) in [5.41, 5.74) is 1.08. The lowest BCUT2D eigenvalue weighted by Gasteiger charge is -2.28. The lowest BCUT2D eigenvalue weighted by molar-refractivity contribution is 0.322. The fourth-order valence-electron chi connectivity index (χ4n) is 3.35. The van der Waals surface area contributed by atoms with Crippen molar-refractivity contribution in [3.63, 3.8) is 0 Å². The van der Waals surface area contributed by atoms with Gasteiger partial charge >= 0.3 is 0 Å². The Labute approximate surface area is 121 Å². The summed E-state index contributed by atoms with van der Waals surface area (Å²) in [7, 11) is -3.35. The largest absolute Gasteiger partial charge is 0.312 e. The van der Waals surface area contributed by atoms with Gasteiger partial charge in [0.15, 0.2) is 0 Å². The van der Waals surface area contributed by atoms with Crippen LogP contribution in [0.15, 0.2) is 29.2 Å². The summed E-state index contributed by atoms with van der Waals surface area (Å²) in [6, 6.07) is 7.64. The van der Waals surface area contributed by atoms with Crippen LogP contribution >= 0.6 is 0 Å². The minimum Gasteiger partial charge on any atom is -0.312 e. The molecule has 2 heterocycles. The van der Waals surface area contributed by atoms with Crippen molar-refractivity contribution in [3.8, 4) is 0 Å². The monoisotopic (exact) mass is 294 g/mol. The van der Waals surface area contributed by atoms with Gasteiger partial charge in [-0.3, -0.25) is 0 Å². The maximum Gasteiger partial charge on any atom is 0.243 e. The molecule has 0 aromatic heterocycles. The Balaban J connectivity index is 1.87. The lowest BCUT2D eigenvalue weighted by atomic mass is 10.1. The zero-order valence-corrected chi connectivity index (χ0v) is 12.7. The number of hydrogen-bond acceptors (Lipinski definition) is 3. The molecular formula is C15H22N2O2S. The molecule has 2 aliphatic heterocycles. The van der Waals surface area contributed by atoms with E-state index in [1.54, 1.807) is 16.4 Å². The Hall–Kier alpha value is -0.910. The molecule has 0 radical (unpaired) electrons. The number of rotatable bonds is 3. The summed E-state index contributed by atoms with van der Waals surface area (Å²) in [6.07, 6.45) is 4.18. The highest BCUT2D eigenvalue weighted by atomic mass is 32.2. The second kappa shape index (κ2) is 5.47. The average Bonchev–Trinajstić information content (AvgIpc) is 3.10. The molecule has 2 unspecified atom stereocenters. The first-order valence-corrected chi connectivity index (χ1v) is 8.85. The Morgan fingerprint density at radius 1 is 1.15 bits per heavy atom. The topological polar surface area (TPSA) is 49.4 Å². The van der Waals surface area contributed by atoms with Gasteiger partial charge in [-0.2, -0.15) is 4.31 Å². The Kier molecular flexibility index (Phi) is 3.84. The summed E-state index contributed by atoms with van der Waals surface area (Å²) in [5.74, 6) is 0. The van der Waals surface area contributed by atoms with E-state index in [-0.39, 0.29) is 6.04 Å². The molecule has 5 heteroatoms. The van der Waals surface area contributed by atoms with E-state index < -0.39 is 10.0 Å². The van der Waals surface area contributed by atoms with E-state index in [1.807, 2.05) is 19.1 Å². The van der Waals surface area contributed by atoms with Crippen LogP contribution in [0.1, 0.15) is 31.2 Å². The number of aryl methyl sites for hydroxylation is 1. The quantitative estimate of drug-likeness (QED) is 0.926. The summed E-state index contributed by atoms with van der Waals surface area (Å²) < 4.78 is 27.3. The highest BCUT2D eigenvalue weighted by molar-refractivity contribution is 7.89. The van der Waals surface area contributed by atoms with Gasteiger partial charge in [-0.15, -0.1) is 0 Å². The molecular weight excluding hydrogens is 272 g/mol. The molecule has 0 saturated carbocycles. The number of benzene rings is 1. The minimum atomic E-state index is -3.35. The van der Waals surface area contributed by atoms with E-state index in [4.69, 9.17) is 0 Å². The molecule has 0 bridgehead atoms. The van der Waals surface area contributed by atoms with Crippen molar-refractivity contribution < 1.29 is 8.42 Å². The van der Waals surface area contributed by atoms with Crippen molar-refractivity contribution in [2.45, 2.75) is 49.6 Å². The molecule has 0 spiro atoms. The summed E-state index contributed by atoms with van der Waals surface area (Å²) in [5, 5.41) is 3.46. The van der Waals surface area contributed by atoms with E-state index in [1.165, 1.54) is 0 Å². The van der Waals surface area contributed by atoms with Crippen molar-refractivity contribution in [2.24, 2.45) is 0 Å². The molecule has 20 heavy (non-hydrogen) atoms. The Bertz CT molecular complexity index is 562. The maximum absolute atomic E-state index is 12.8. The minimum absolute atomic E-state index is 0.129. The standard InChI is InChI=1S/C15H22N2O2S/c1-12-6-8-13(9-7-12)20(18,19)17-11-3-5-15(17)14-4-2-10-16-14/h6-9,14-16H,2-5,10-11H2,1H3. The van der Waals surface area contributed by atoms with Gasteiger partial charge in [-0.25, -0.2) is 8.42 Å². The van der Waals surface area contributed by atoms with E-state index in [9.17, 15) is 8.42 Å². The molecule has 2 fully saturated rings. The highest BCUT2D eigenvalue weighted by Gasteiger charge is 2.40. The third kappa shape index (κ3) is 2.50. The summed E-state index contributed by atoms with van der Waals surface area (Å²) >= 11 is 0. The Morgan fingerprint density at radius 2 is 1.90 bits per heavy atom. The average molecular weight is 294 g/mol. The molecule has 1 N–H and O–H groups in total. The molecule has 1 aromatic rings. The predicted octanol–water partition coefficient (Wildman–Crippen LogP) is 1.90. The van der Waals surface area contributed by atoms with Crippen molar-refractivity contribution in [1.29, 1.82) is 0 Å². The highest BCUT2D eigenvalue weighted by Crippen LogP contribution is 2.30.